The van der Waals surface area contributed by atoms with Gasteiger partial charge in [-0.15, -0.1) is 0 Å². The smallest absolute Gasteiger partial charge is 0.367 e. The Morgan fingerprint density at radius 1 is 1.00 bits per heavy atom. The Hall–Kier alpha value is -3.45. The second-order valence-electron chi connectivity index (χ2n) is 12.6. The molecule has 4 rings (SSSR count). The molecule has 0 aliphatic carbocycles. The molecule has 0 radical (unpaired) electrons. The summed E-state index contributed by atoms with van der Waals surface area (Å²) < 4.78 is 69.2. The van der Waals surface area contributed by atoms with E-state index >= 15 is 8.78 Å². The molecule has 2 saturated heterocycles. The number of nitrogens with zero attached hydrogens (tertiary/aromatic N) is 3. The third kappa shape index (κ3) is 9.79. The molecule has 2 fully saturated rings. The first kappa shape index (κ1) is 36.4. The van der Waals surface area contributed by atoms with Crippen molar-refractivity contribution in [3.8, 4) is 0 Å². The molecule has 0 unspecified atom stereocenters. The normalized spacial score (nSPS) is 18.0. The van der Waals surface area contributed by atoms with E-state index in [9.17, 15) is 27.6 Å². The summed E-state index contributed by atoms with van der Waals surface area (Å²) in [5.41, 5.74) is 0.146. The van der Waals surface area contributed by atoms with E-state index in [2.05, 4.69) is 10.6 Å². The molecule has 8 nitrogen and oxygen atoms in total. The fourth-order valence-electron chi connectivity index (χ4n) is 6.19. The molecule has 47 heavy (non-hydrogen) atoms. The fourth-order valence-corrected chi connectivity index (χ4v) is 6.36. The summed E-state index contributed by atoms with van der Waals surface area (Å²) in [6, 6.07) is 6.92. The highest BCUT2D eigenvalue weighted by molar-refractivity contribution is 6.31. The van der Waals surface area contributed by atoms with Gasteiger partial charge < -0.3 is 20.4 Å². The second kappa shape index (κ2) is 15.6. The molecule has 3 amide bonds. The quantitative estimate of drug-likeness (QED) is 0.290. The van der Waals surface area contributed by atoms with Crippen LogP contribution in [0.2, 0.25) is 5.02 Å². The lowest BCUT2D eigenvalue weighted by atomic mass is 9.95. The topological polar surface area (TPSA) is 85.0 Å². The molecule has 2 aromatic rings. The van der Waals surface area contributed by atoms with Crippen molar-refractivity contribution in [2.45, 2.75) is 65.2 Å². The van der Waals surface area contributed by atoms with Gasteiger partial charge in [0.1, 0.15) is 0 Å². The molecule has 258 valence electrons. The Morgan fingerprint density at radius 3 is 2.34 bits per heavy atom. The Morgan fingerprint density at radius 2 is 1.70 bits per heavy atom. The van der Waals surface area contributed by atoms with Crippen LogP contribution in [0.5, 0.6) is 0 Å². The molecular weight excluding hydrogens is 645 g/mol. The highest BCUT2D eigenvalue weighted by Gasteiger charge is 2.34. The number of carbonyl (C=O) groups is 3. The summed E-state index contributed by atoms with van der Waals surface area (Å²) in [6.45, 7) is 7.10. The Balaban J connectivity index is 1.43. The number of benzene rings is 2. The lowest BCUT2D eigenvalue weighted by Gasteiger charge is -2.43. The monoisotopic (exact) mass is 685 g/mol. The number of nitrogens with one attached hydrogen (secondary N) is 2. The van der Waals surface area contributed by atoms with E-state index in [1.807, 2.05) is 23.6 Å². The van der Waals surface area contributed by atoms with E-state index in [1.54, 1.807) is 23.1 Å². The largest absolute Gasteiger partial charge is 0.390 e. The summed E-state index contributed by atoms with van der Waals surface area (Å²) in [5, 5.41) is 5.64. The number of likely N-dealkylation sites (tertiary alicyclic amines) is 1. The average Bonchev–Trinajstić information content (AvgIpc) is 3.01. The van der Waals surface area contributed by atoms with Crippen LogP contribution in [0.15, 0.2) is 30.3 Å². The summed E-state index contributed by atoms with van der Waals surface area (Å²) in [7, 11) is 0. The minimum Gasteiger partial charge on any atom is -0.367 e. The van der Waals surface area contributed by atoms with E-state index in [0.717, 1.165) is 6.07 Å². The highest BCUT2D eigenvalue weighted by atomic mass is 35.5. The first-order valence-corrected chi connectivity index (χ1v) is 16.2. The fraction of sp³-hybridized carbons (Fsp3) is 0.545. The number of amides is 3. The van der Waals surface area contributed by atoms with Gasteiger partial charge in [-0.05, 0) is 49.4 Å². The van der Waals surface area contributed by atoms with Crippen molar-refractivity contribution in [2.24, 2.45) is 11.8 Å². The minimum absolute atomic E-state index is 0.0609. The predicted molar refractivity (Wildman–Crippen MR) is 170 cm³/mol. The molecular formula is C33H41ClF5N5O3. The zero-order valence-electron chi connectivity index (χ0n) is 26.7. The Kier molecular flexibility index (Phi) is 12.1. The Labute approximate surface area is 276 Å². The molecule has 2 aromatic carbocycles. The van der Waals surface area contributed by atoms with Crippen LogP contribution in [0.1, 0.15) is 62.4 Å². The van der Waals surface area contributed by atoms with Gasteiger partial charge in [0.15, 0.2) is 11.6 Å². The van der Waals surface area contributed by atoms with Crippen molar-refractivity contribution in [3.63, 3.8) is 0 Å². The molecule has 0 spiro atoms. The van der Waals surface area contributed by atoms with Crippen LogP contribution >= 0.6 is 11.6 Å². The number of hydrogen-bond donors (Lipinski definition) is 2. The molecule has 0 bridgehead atoms. The summed E-state index contributed by atoms with van der Waals surface area (Å²) in [5.74, 6) is -4.02. The number of piperidine rings is 1. The second-order valence-corrected chi connectivity index (χ2v) is 13.1. The first-order valence-electron chi connectivity index (χ1n) is 15.8. The van der Waals surface area contributed by atoms with Crippen LogP contribution < -0.4 is 15.5 Å². The molecule has 1 atom stereocenters. The number of halogens is 6. The highest BCUT2D eigenvalue weighted by Crippen LogP contribution is 2.33. The van der Waals surface area contributed by atoms with Crippen LogP contribution in [0.3, 0.4) is 0 Å². The number of alkyl halides is 3. The number of hydrogen-bond acceptors (Lipinski definition) is 5. The van der Waals surface area contributed by atoms with Crippen LogP contribution in [0, 0.1) is 23.5 Å². The predicted octanol–water partition coefficient (Wildman–Crippen LogP) is 6.23. The van der Waals surface area contributed by atoms with Crippen LogP contribution in [0.25, 0.3) is 0 Å². The van der Waals surface area contributed by atoms with Gasteiger partial charge in [-0.2, -0.15) is 13.2 Å². The number of anilines is 2. The number of piperazine rings is 1. The van der Waals surface area contributed by atoms with Crippen molar-refractivity contribution in [2.75, 3.05) is 49.5 Å². The minimum atomic E-state index is -4.26. The van der Waals surface area contributed by atoms with Crippen LogP contribution in [-0.4, -0.2) is 79.0 Å². The van der Waals surface area contributed by atoms with Gasteiger partial charge in [0, 0.05) is 75.3 Å². The molecule has 14 heteroatoms. The lowest BCUT2D eigenvalue weighted by molar-refractivity contribution is -0.139. The zero-order chi connectivity index (χ0) is 34.5. The van der Waals surface area contributed by atoms with E-state index in [4.69, 9.17) is 11.6 Å². The third-order valence-electron chi connectivity index (χ3n) is 8.75. The summed E-state index contributed by atoms with van der Waals surface area (Å²) in [4.78, 5) is 42.8. The third-order valence-corrected chi connectivity index (χ3v) is 8.99. The maximum Gasteiger partial charge on any atom is 0.390 e. The zero-order valence-corrected chi connectivity index (χ0v) is 27.5. The Bertz CT molecular complexity index is 1450. The molecule has 0 aromatic heterocycles. The van der Waals surface area contributed by atoms with Crippen molar-refractivity contribution in [3.05, 3.63) is 58.1 Å². The van der Waals surface area contributed by atoms with E-state index < -0.39 is 35.7 Å². The van der Waals surface area contributed by atoms with Gasteiger partial charge >= 0.3 is 6.18 Å². The SMILES string of the molecule is CC(=O)N1CCC(C(=O)NCc2ccc(C(=O)Nc3ccc(Cl)cc3N3CCN(CCC(F)(F)F)[C@@H](CC(C)C)C3)c(F)c2F)CC1. The number of carbonyl (C=O) groups excluding carboxylic acids is 3. The van der Waals surface area contributed by atoms with E-state index in [1.165, 1.54) is 13.0 Å². The van der Waals surface area contributed by atoms with Crippen LogP contribution in [0.4, 0.5) is 33.3 Å². The maximum absolute atomic E-state index is 15.2. The maximum atomic E-state index is 15.2. The van der Waals surface area contributed by atoms with Crippen molar-refractivity contribution in [1.82, 2.24) is 15.1 Å². The van der Waals surface area contributed by atoms with Gasteiger partial charge in [0.2, 0.25) is 11.8 Å². The molecule has 2 heterocycles. The molecule has 0 saturated carbocycles. The van der Waals surface area contributed by atoms with E-state index in [-0.39, 0.29) is 48.3 Å². The van der Waals surface area contributed by atoms with Gasteiger partial charge in [-0.3, -0.25) is 19.3 Å². The van der Waals surface area contributed by atoms with Crippen molar-refractivity contribution >= 4 is 40.7 Å². The summed E-state index contributed by atoms with van der Waals surface area (Å²) >= 11 is 6.29. The van der Waals surface area contributed by atoms with E-state index in [0.29, 0.717) is 68.4 Å². The first-order chi connectivity index (χ1) is 22.1. The standard InChI is InChI=1S/C33H41ClF5N5O3/c1-20(2)16-25-19-44(15-14-43(25)13-10-33(37,38)39)28-17-24(34)5-7-27(28)41-32(47)26-6-4-23(29(35)30(26)36)18-40-31(46)22-8-11-42(12-9-22)21(3)45/h4-7,17,20,22,25H,8-16,18-19H2,1-3H3,(H,40,46)(H,41,47)/t25-/m0/s1. The van der Waals surface area contributed by atoms with Crippen LogP contribution in [-0.2, 0) is 16.1 Å². The van der Waals surface area contributed by atoms with Gasteiger partial charge in [-0.25, -0.2) is 8.78 Å². The number of rotatable bonds is 10. The molecule has 2 aliphatic heterocycles. The average molecular weight is 686 g/mol. The van der Waals surface area contributed by atoms with Gasteiger partial charge in [0.25, 0.3) is 5.91 Å². The van der Waals surface area contributed by atoms with Gasteiger partial charge in [0.05, 0.1) is 23.4 Å². The van der Waals surface area contributed by atoms with Crippen molar-refractivity contribution in [1.29, 1.82) is 0 Å². The lowest BCUT2D eigenvalue weighted by Crippen LogP contribution is -2.54. The molecule has 2 N–H and O–H groups in total. The molecule has 2 aliphatic rings. The van der Waals surface area contributed by atoms with Gasteiger partial charge in [-0.1, -0.05) is 31.5 Å². The van der Waals surface area contributed by atoms with Crippen molar-refractivity contribution < 1.29 is 36.3 Å². The summed E-state index contributed by atoms with van der Waals surface area (Å²) in [6.07, 6.45) is -3.57.